The zero-order valence-electron chi connectivity index (χ0n) is 16.7. The van der Waals surface area contributed by atoms with Crippen molar-refractivity contribution in [1.29, 1.82) is 0 Å². The van der Waals surface area contributed by atoms with E-state index in [0.29, 0.717) is 27.8 Å². The molecule has 3 aromatic carbocycles. The van der Waals surface area contributed by atoms with Crippen molar-refractivity contribution >= 4 is 44.5 Å². The average molecular weight is 477 g/mol. The van der Waals surface area contributed by atoms with Crippen molar-refractivity contribution in [3.63, 3.8) is 0 Å². The Morgan fingerprint density at radius 1 is 0.871 bits per heavy atom. The largest absolute Gasteiger partial charge is 0.352 e. The van der Waals surface area contributed by atoms with Crippen LogP contribution in [0, 0.1) is 0 Å². The number of anilines is 1. The number of para-hydroxylation sites is 3. The first-order valence-corrected chi connectivity index (χ1v) is 10.8. The standard InChI is InChI=1S/C24H21BrN4O2/c25-19-10-3-1-8-17(19)24(31)28-20-11-4-2-9-18(20)23(30)26-14-7-15-29-16-27-21-12-5-6-13-22(21)29/h1-6,8-13,16H,7,14-15H2,(H,26,30)(H,28,31). The Hall–Kier alpha value is -3.45. The molecule has 0 bridgehead atoms. The van der Waals surface area contributed by atoms with Gasteiger partial charge >= 0.3 is 0 Å². The molecule has 0 atom stereocenters. The van der Waals surface area contributed by atoms with Crippen molar-refractivity contribution in [2.75, 3.05) is 11.9 Å². The zero-order chi connectivity index (χ0) is 21.6. The molecule has 0 radical (unpaired) electrons. The molecule has 1 aromatic heterocycles. The van der Waals surface area contributed by atoms with Crippen molar-refractivity contribution in [2.24, 2.45) is 0 Å². The molecule has 0 spiro atoms. The molecular weight excluding hydrogens is 456 g/mol. The zero-order valence-corrected chi connectivity index (χ0v) is 18.3. The van der Waals surface area contributed by atoms with Crippen LogP contribution in [-0.4, -0.2) is 27.9 Å². The van der Waals surface area contributed by atoms with Crippen LogP contribution in [0.2, 0.25) is 0 Å². The van der Waals surface area contributed by atoms with E-state index in [1.54, 1.807) is 42.5 Å². The van der Waals surface area contributed by atoms with Crippen molar-refractivity contribution in [3.05, 3.63) is 94.7 Å². The third-order valence-electron chi connectivity index (χ3n) is 4.93. The maximum absolute atomic E-state index is 12.7. The summed E-state index contributed by atoms with van der Waals surface area (Å²) in [4.78, 5) is 29.7. The first-order valence-electron chi connectivity index (χ1n) is 9.96. The minimum absolute atomic E-state index is 0.224. The Labute approximate surface area is 188 Å². The van der Waals surface area contributed by atoms with E-state index in [1.165, 1.54) is 0 Å². The van der Waals surface area contributed by atoms with Crippen LogP contribution in [0.5, 0.6) is 0 Å². The van der Waals surface area contributed by atoms with Crippen LogP contribution >= 0.6 is 15.9 Å². The van der Waals surface area contributed by atoms with Crippen LogP contribution in [0.15, 0.2) is 83.6 Å². The van der Waals surface area contributed by atoms with Gasteiger partial charge in [0.15, 0.2) is 0 Å². The van der Waals surface area contributed by atoms with Crippen LogP contribution in [0.3, 0.4) is 0 Å². The van der Waals surface area contributed by atoms with E-state index in [1.807, 2.05) is 36.7 Å². The van der Waals surface area contributed by atoms with E-state index in [-0.39, 0.29) is 11.8 Å². The van der Waals surface area contributed by atoms with E-state index >= 15 is 0 Å². The lowest BCUT2D eigenvalue weighted by atomic mass is 10.1. The summed E-state index contributed by atoms with van der Waals surface area (Å²) < 4.78 is 2.77. The maximum Gasteiger partial charge on any atom is 0.256 e. The van der Waals surface area contributed by atoms with Crippen LogP contribution in [0.1, 0.15) is 27.1 Å². The van der Waals surface area contributed by atoms with Crippen LogP contribution < -0.4 is 10.6 Å². The average Bonchev–Trinajstić information content (AvgIpc) is 3.20. The number of carbonyl (C=O) groups is 2. The molecule has 2 N–H and O–H groups in total. The number of amides is 2. The van der Waals surface area contributed by atoms with E-state index in [2.05, 4.69) is 36.1 Å². The smallest absolute Gasteiger partial charge is 0.256 e. The van der Waals surface area contributed by atoms with E-state index in [4.69, 9.17) is 0 Å². The molecule has 0 aliphatic carbocycles. The molecule has 156 valence electrons. The monoisotopic (exact) mass is 476 g/mol. The Kier molecular flexibility index (Phi) is 6.43. The fraction of sp³-hybridized carbons (Fsp3) is 0.125. The number of rotatable bonds is 7. The van der Waals surface area contributed by atoms with Gasteiger partial charge in [0.25, 0.3) is 11.8 Å². The Balaban J connectivity index is 1.36. The molecule has 0 aliphatic heterocycles. The molecule has 0 unspecified atom stereocenters. The molecule has 7 heteroatoms. The third kappa shape index (κ3) is 4.83. The first kappa shape index (κ1) is 20.8. The molecule has 0 saturated carbocycles. The van der Waals surface area contributed by atoms with E-state index in [9.17, 15) is 9.59 Å². The number of aryl methyl sites for hydroxylation is 1. The quantitative estimate of drug-likeness (QED) is 0.373. The van der Waals surface area contributed by atoms with Gasteiger partial charge in [-0.15, -0.1) is 0 Å². The van der Waals surface area contributed by atoms with Gasteiger partial charge in [0, 0.05) is 17.6 Å². The second-order valence-corrected chi connectivity index (χ2v) is 7.87. The predicted molar refractivity (Wildman–Crippen MR) is 125 cm³/mol. The highest BCUT2D eigenvalue weighted by Gasteiger charge is 2.15. The molecule has 6 nitrogen and oxygen atoms in total. The number of halogens is 1. The molecule has 31 heavy (non-hydrogen) atoms. The molecule has 2 amide bonds. The summed E-state index contributed by atoms with van der Waals surface area (Å²) in [5, 5.41) is 5.78. The summed E-state index contributed by atoms with van der Waals surface area (Å²) in [6, 6.07) is 22.1. The van der Waals surface area contributed by atoms with Crippen LogP contribution in [0.4, 0.5) is 5.69 Å². The van der Waals surface area contributed by atoms with Gasteiger partial charge in [-0.05, 0) is 58.7 Å². The van der Waals surface area contributed by atoms with Crippen molar-refractivity contribution in [3.8, 4) is 0 Å². The number of hydrogen-bond donors (Lipinski definition) is 2. The second-order valence-electron chi connectivity index (χ2n) is 7.02. The fourth-order valence-electron chi connectivity index (χ4n) is 3.36. The highest BCUT2D eigenvalue weighted by atomic mass is 79.9. The van der Waals surface area contributed by atoms with Gasteiger partial charge in [-0.1, -0.05) is 36.4 Å². The topological polar surface area (TPSA) is 76.0 Å². The predicted octanol–water partition coefficient (Wildman–Crippen LogP) is 4.87. The lowest BCUT2D eigenvalue weighted by Gasteiger charge is -2.12. The lowest BCUT2D eigenvalue weighted by Crippen LogP contribution is -2.26. The number of benzene rings is 3. The summed E-state index contributed by atoms with van der Waals surface area (Å²) in [6.07, 6.45) is 2.58. The number of carbonyl (C=O) groups excluding carboxylic acids is 2. The first-order chi connectivity index (χ1) is 15.1. The fourth-order valence-corrected chi connectivity index (χ4v) is 3.82. The number of imidazole rings is 1. The molecule has 0 saturated heterocycles. The van der Waals surface area contributed by atoms with Crippen molar-refractivity contribution < 1.29 is 9.59 Å². The summed E-state index contributed by atoms with van der Waals surface area (Å²) in [5.74, 6) is -0.502. The molecule has 4 aromatic rings. The van der Waals surface area contributed by atoms with Crippen LogP contribution in [-0.2, 0) is 6.54 Å². The number of nitrogens with one attached hydrogen (secondary N) is 2. The van der Waals surface area contributed by atoms with E-state index in [0.717, 1.165) is 24.0 Å². The number of aromatic nitrogens is 2. The Bertz CT molecular complexity index is 1230. The highest BCUT2D eigenvalue weighted by Crippen LogP contribution is 2.20. The summed E-state index contributed by atoms with van der Waals surface area (Å²) in [6.45, 7) is 1.26. The molecule has 0 aliphatic rings. The number of nitrogens with zero attached hydrogens (tertiary/aromatic N) is 2. The number of fused-ring (bicyclic) bond motifs is 1. The normalized spacial score (nSPS) is 10.7. The Morgan fingerprint density at radius 2 is 1.58 bits per heavy atom. The van der Waals surface area contributed by atoms with Gasteiger partial charge in [0.2, 0.25) is 0 Å². The van der Waals surface area contributed by atoms with Gasteiger partial charge in [0.1, 0.15) is 0 Å². The van der Waals surface area contributed by atoms with E-state index < -0.39 is 0 Å². The highest BCUT2D eigenvalue weighted by molar-refractivity contribution is 9.10. The summed E-state index contributed by atoms with van der Waals surface area (Å²) in [7, 11) is 0. The minimum atomic E-state index is -0.278. The molecular formula is C24H21BrN4O2. The summed E-state index contributed by atoms with van der Waals surface area (Å²) in [5.41, 5.74) is 3.44. The van der Waals surface area contributed by atoms with Crippen molar-refractivity contribution in [2.45, 2.75) is 13.0 Å². The van der Waals surface area contributed by atoms with Gasteiger partial charge in [-0.2, -0.15) is 0 Å². The Morgan fingerprint density at radius 3 is 2.42 bits per heavy atom. The molecule has 4 rings (SSSR count). The summed E-state index contributed by atoms with van der Waals surface area (Å²) >= 11 is 3.38. The minimum Gasteiger partial charge on any atom is -0.352 e. The van der Waals surface area contributed by atoms with Gasteiger partial charge in [-0.25, -0.2) is 4.98 Å². The van der Waals surface area contributed by atoms with Crippen LogP contribution in [0.25, 0.3) is 11.0 Å². The van der Waals surface area contributed by atoms with Gasteiger partial charge < -0.3 is 15.2 Å². The maximum atomic E-state index is 12.7. The number of hydrogen-bond acceptors (Lipinski definition) is 3. The third-order valence-corrected chi connectivity index (χ3v) is 5.62. The SMILES string of the molecule is O=C(Nc1ccccc1C(=O)NCCCn1cnc2ccccc21)c1ccccc1Br. The molecule has 0 fully saturated rings. The van der Waals surface area contributed by atoms with Crippen molar-refractivity contribution in [1.82, 2.24) is 14.9 Å². The van der Waals surface area contributed by atoms with Gasteiger partial charge in [-0.3, -0.25) is 9.59 Å². The van der Waals surface area contributed by atoms with Gasteiger partial charge in [0.05, 0.1) is 34.2 Å². The lowest BCUT2D eigenvalue weighted by molar-refractivity contribution is 0.0953. The molecule has 1 heterocycles. The second kappa shape index (κ2) is 9.57.